The van der Waals surface area contributed by atoms with E-state index in [1.165, 1.54) is 10.6 Å². The first-order valence-corrected chi connectivity index (χ1v) is 10.7. The van der Waals surface area contributed by atoms with Crippen LogP contribution in [0, 0.1) is 11.3 Å². The Morgan fingerprint density at radius 3 is 2.26 bits per heavy atom. The number of hydrogen-bond donors (Lipinski definition) is 2. The fourth-order valence-electron chi connectivity index (χ4n) is 3.58. The lowest BCUT2D eigenvalue weighted by Crippen LogP contribution is -2.48. The monoisotopic (exact) mass is 460 g/mol. The van der Waals surface area contributed by atoms with Crippen LogP contribution in [0.1, 0.15) is 18.4 Å². The molecule has 1 unspecified atom stereocenters. The zero-order valence-electron chi connectivity index (χ0n) is 18.4. The number of nitrogens with zero attached hydrogens (tertiary/aromatic N) is 3. The normalized spacial score (nSPS) is 11.4. The van der Waals surface area contributed by atoms with Crippen LogP contribution in [0.15, 0.2) is 76.3 Å². The Hall–Kier alpha value is -4.45. The van der Waals surface area contributed by atoms with E-state index in [9.17, 15) is 24.3 Å². The number of aromatic nitrogens is 2. The lowest BCUT2D eigenvalue weighted by Gasteiger charge is -2.17. The summed E-state index contributed by atoms with van der Waals surface area (Å²) in [6.45, 7) is -0.437. The van der Waals surface area contributed by atoms with Crippen molar-refractivity contribution >= 4 is 11.9 Å². The maximum absolute atomic E-state index is 13.2. The fraction of sp³-hybridized carbons (Fsp3) is 0.240. The van der Waals surface area contributed by atoms with Crippen LogP contribution in [0.2, 0.25) is 0 Å². The minimum atomic E-state index is -1.22. The molecule has 2 aromatic carbocycles. The number of carbonyl (C=O) groups is 2. The van der Waals surface area contributed by atoms with Crippen LogP contribution >= 0.6 is 0 Å². The van der Waals surface area contributed by atoms with Crippen molar-refractivity contribution in [1.82, 2.24) is 14.5 Å². The molecular formula is C25H24N4O5. The first-order valence-electron chi connectivity index (χ1n) is 10.7. The van der Waals surface area contributed by atoms with E-state index >= 15 is 0 Å². The van der Waals surface area contributed by atoms with E-state index in [1.807, 2.05) is 12.1 Å². The summed E-state index contributed by atoms with van der Waals surface area (Å²) in [6, 6.07) is 19.8. The topological polar surface area (TPSA) is 134 Å². The lowest BCUT2D eigenvalue weighted by atomic mass is 10.1. The highest BCUT2D eigenvalue weighted by atomic mass is 16.4. The van der Waals surface area contributed by atoms with E-state index in [-0.39, 0.29) is 19.4 Å². The van der Waals surface area contributed by atoms with Gasteiger partial charge in [-0.3, -0.25) is 18.7 Å². The largest absolute Gasteiger partial charge is 0.480 e. The van der Waals surface area contributed by atoms with Gasteiger partial charge in [-0.2, -0.15) is 5.26 Å². The van der Waals surface area contributed by atoms with Crippen LogP contribution in [0.4, 0.5) is 0 Å². The predicted octanol–water partition coefficient (Wildman–Crippen LogP) is 1.79. The second-order valence-electron chi connectivity index (χ2n) is 7.66. The molecule has 0 saturated carbocycles. The molecular weight excluding hydrogens is 436 g/mol. The molecule has 9 heteroatoms. The molecule has 3 rings (SSSR count). The summed E-state index contributed by atoms with van der Waals surface area (Å²) < 4.78 is 2.13. The average Bonchev–Trinajstić information content (AvgIpc) is 2.83. The van der Waals surface area contributed by atoms with Gasteiger partial charge >= 0.3 is 11.7 Å². The molecule has 0 aliphatic heterocycles. The summed E-state index contributed by atoms with van der Waals surface area (Å²) in [7, 11) is 0. The molecule has 0 fully saturated rings. The molecule has 1 aromatic heterocycles. The van der Waals surface area contributed by atoms with Crippen LogP contribution in [0.25, 0.3) is 11.3 Å². The van der Waals surface area contributed by atoms with Gasteiger partial charge in [0.25, 0.3) is 5.56 Å². The first kappa shape index (κ1) is 24.2. The zero-order valence-corrected chi connectivity index (χ0v) is 18.4. The summed E-state index contributed by atoms with van der Waals surface area (Å²) in [4.78, 5) is 50.2. The Morgan fingerprint density at radius 2 is 1.65 bits per heavy atom. The van der Waals surface area contributed by atoms with Gasteiger partial charge < -0.3 is 10.4 Å². The number of aliphatic carboxylic acids is 1. The van der Waals surface area contributed by atoms with Crippen molar-refractivity contribution in [3.63, 3.8) is 0 Å². The second-order valence-corrected chi connectivity index (χ2v) is 7.66. The number of carboxylic acids is 1. The Balaban J connectivity index is 1.88. The van der Waals surface area contributed by atoms with Gasteiger partial charge in [0.1, 0.15) is 12.6 Å². The number of hydrogen-bond acceptors (Lipinski definition) is 5. The Morgan fingerprint density at radius 1 is 1.00 bits per heavy atom. The minimum absolute atomic E-state index is 0.0577. The van der Waals surface area contributed by atoms with Gasteiger partial charge in [0.15, 0.2) is 0 Å². The molecule has 2 N–H and O–H groups in total. The molecule has 9 nitrogen and oxygen atoms in total. The van der Waals surface area contributed by atoms with Crippen LogP contribution in [-0.4, -0.2) is 32.2 Å². The molecule has 0 aliphatic carbocycles. The molecule has 0 bridgehead atoms. The summed E-state index contributed by atoms with van der Waals surface area (Å²) in [6.07, 6.45) is 0.668. The maximum atomic E-state index is 13.2. The molecule has 3 aromatic rings. The molecule has 1 amide bonds. The number of unbranched alkanes of at least 4 members (excludes halogenated alkanes) is 1. The third-order valence-electron chi connectivity index (χ3n) is 5.24. The molecule has 174 valence electrons. The van der Waals surface area contributed by atoms with Crippen molar-refractivity contribution in [3.05, 3.63) is 93.1 Å². The van der Waals surface area contributed by atoms with Gasteiger partial charge in [-0.15, -0.1) is 0 Å². The molecule has 0 radical (unpaired) electrons. The Kier molecular flexibility index (Phi) is 8.13. The number of nitriles is 1. The average molecular weight is 460 g/mol. The van der Waals surface area contributed by atoms with Gasteiger partial charge in [-0.25, -0.2) is 9.59 Å². The molecule has 34 heavy (non-hydrogen) atoms. The first-order chi connectivity index (χ1) is 16.4. The lowest BCUT2D eigenvalue weighted by molar-refractivity contribution is -0.141. The van der Waals surface area contributed by atoms with E-state index in [0.717, 1.165) is 10.1 Å². The molecule has 1 heterocycles. The van der Waals surface area contributed by atoms with Crippen molar-refractivity contribution in [1.29, 1.82) is 5.26 Å². The summed E-state index contributed by atoms with van der Waals surface area (Å²) >= 11 is 0. The second kappa shape index (κ2) is 11.4. The van der Waals surface area contributed by atoms with Gasteiger partial charge in [0, 0.05) is 25.5 Å². The standard InChI is InChI=1S/C25H24N4O5/c26-13-7-8-14-28-21(19-11-5-2-6-12-19)16-23(31)29(25(28)34)17-22(30)27-20(24(32)33)15-18-9-3-1-4-10-18/h1-6,9-12,16,20H,7-8,14-15,17H2,(H,27,30)(H,32,33). The number of carbonyl (C=O) groups excluding carboxylic acids is 1. The third kappa shape index (κ3) is 6.07. The van der Waals surface area contributed by atoms with Crippen LogP contribution < -0.4 is 16.6 Å². The fourth-order valence-corrected chi connectivity index (χ4v) is 3.58. The highest BCUT2D eigenvalue weighted by molar-refractivity contribution is 5.83. The highest BCUT2D eigenvalue weighted by Gasteiger charge is 2.22. The van der Waals surface area contributed by atoms with E-state index in [0.29, 0.717) is 17.7 Å². The number of rotatable bonds is 10. The Labute approximate surface area is 195 Å². The van der Waals surface area contributed by atoms with E-state index in [2.05, 4.69) is 5.32 Å². The predicted molar refractivity (Wildman–Crippen MR) is 125 cm³/mol. The van der Waals surface area contributed by atoms with Crippen LogP contribution in [-0.2, 0) is 29.1 Å². The minimum Gasteiger partial charge on any atom is -0.480 e. The van der Waals surface area contributed by atoms with Crippen molar-refractivity contribution in [2.24, 2.45) is 0 Å². The number of benzene rings is 2. The summed E-state index contributed by atoms with van der Waals surface area (Å²) in [5.74, 6) is -1.99. The van der Waals surface area contributed by atoms with E-state index in [4.69, 9.17) is 5.26 Å². The van der Waals surface area contributed by atoms with Crippen molar-refractivity contribution in [2.75, 3.05) is 0 Å². The zero-order chi connectivity index (χ0) is 24.5. The van der Waals surface area contributed by atoms with Crippen molar-refractivity contribution in [3.8, 4) is 17.3 Å². The number of carboxylic acid groups (broad SMARTS) is 1. The maximum Gasteiger partial charge on any atom is 0.331 e. The molecule has 1 atom stereocenters. The van der Waals surface area contributed by atoms with Crippen molar-refractivity contribution in [2.45, 2.75) is 38.4 Å². The van der Waals surface area contributed by atoms with Crippen molar-refractivity contribution < 1.29 is 14.7 Å². The summed E-state index contributed by atoms with van der Waals surface area (Å²) in [5, 5.41) is 20.8. The number of nitrogens with one attached hydrogen (secondary N) is 1. The highest BCUT2D eigenvalue weighted by Crippen LogP contribution is 2.16. The van der Waals surface area contributed by atoms with Gasteiger partial charge in [0.2, 0.25) is 5.91 Å². The van der Waals surface area contributed by atoms with E-state index in [1.54, 1.807) is 54.6 Å². The molecule has 0 spiro atoms. The van der Waals surface area contributed by atoms with Gasteiger partial charge in [-0.1, -0.05) is 60.7 Å². The smallest absolute Gasteiger partial charge is 0.331 e. The quantitative estimate of drug-likeness (QED) is 0.443. The van der Waals surface area contributed by atoms with E-state index < -0.39 is 35.7 Å². The summed E-state index contributed by atoms with van der Waals surface area (Å²) in [5.41, 5.74) is 0.385. The third-order valence-corrected chi connectivity index (χ3v) is 5.24. The van der Waals surface area contributed by atoms with Crippen LogP contribution in [0.5, 0.6) is 0 Å². The SMILES string of the molecule is N#CCCCn1c(-c2ccccc2)cc(=O)n(CC(=O)NC(Cc2ccccc2)C(=O)O)c1=O. The molecule has 0 aliphatic rings. The van der Waals surface area contributed by atoms with Gasteiger partial charge in [0.05, 0.1) is 11.8 Å². The van der Waals surface area contributed by atoms with Crippen LogP contribution in [0.3, 0.4) is 0 Å². The number of amides is 1. The van der Waals surface area contributed by atoms with Gasteiger partial charge in [-0.05, 0) is 17.5 Å². The Bertz CT molecular complexity index is 1310. The molecule has 0 saturated heterocycles.